The molecular formula is C16H23NO5S. The van der Waals surface area contributed by atoms with Crippen LogP contribution < -0.4 is 4.74 Å². The normalized spacial score (nSPS) is 19.9. The summed E-state index contributed by atoms with van der Waals surface area (Å²) in [7, 11) is -1.88. The Balaban J connectivity index is 1.87. The Labute approximate surface area is 137 Å². The van der Waals surface area contributed by atoms with E-state index < -0.39 is 16.2 Å². The molecule has 0 aliphatic carbocycles. The molecule has 128 valence electrons. The zero-order valence-electron chi connectivity index (χ0n) is 13.7. The van der Waals surface area contributed by atoms with E-state index in [1.807, 2.05) is 24.3 Å². The quantitative estimate of drug-likeness (QED) is 0.702. The number of hydrogen-bond acceptors (Lipinski definition) is 5. The van der Waals surface area contributed by atoms with E-state index >= 15 is 0 Å². The molecule has 23 heavy (non-hydrogen) atoms. The number of amides is 1. The monoisotopic (exact) mass is 341 g/mol. The Kier molecular flexibility index (Phi) is 5.64. The standard InChI is InChI=1S/C16H23NO5S/c1-12(22-23(3,19)20)14-10-16(18)17(11-14)9-8-13-4-6-15(21-2)7-5-13/h4-7,12,14H,8-11H2,1-3H3/t12-,14+/m0/s1. The zero-order chi connectivity index (χ0) is 17.0. The summed E-state index contributed by atoms with van der Waals surface area (Å²) in [6.07, 6.45) is 1.63. The SMILES string of the molecule is COc1ccc(CCN2C[C@H]([C@H](C)OS(C)(=O)=O)CC2=O)cc1. The van der Waals surface area contributed by atoms with Gasteiger partial charge in [0.1, 0.15) is 5.75 Å². The van der Waals surface area contributed by atoms with Gasteiger partial charge in [-0.3, -0.25) is 8.98 Å². The highest BCUT2D eigenvalue weighted by Crippen LogP contribution is 2.24. The molecule has 1 aromatic rings. The molecule has 1 amide bonds. The maximum absolute atomic E-state index is 12.1. The molecule has 1 saturated heterocycles. The summed E-state index contributed by atoms with van der Waals surface area (Å²) in [5, 5.41) is 0. The Morgan fingerprint density at radius 2 is 1.96 bits per heavy atom. The van der Waals surface area contributed by atoms with Gasteiger partial charge < -0.3 is 9.64 Å². The van der Waals surface area contributed by atoms with Crippen LogP contribution >= 0.6 is 0 Å². The first kappa shape index (κ1) is 17.7. The minimum Gasteiger partial charge on any atom is -0.497 e. The highest BCUT2D eigenvalue weighted by Gasteiger charge is 2.34. The van der Waals surface area contributed by atoms with Crippen LogP contribution in [-0.4, -0.2) is 51.8 Å². The van der Waals surface area contributed by atoms with Crippen LogP contribution in [0.2, 0.25) is 0 Å². The third kappa shape index (κ3) is 5.21. The predicted octanol–water partition coefficient (Wildman–Crippen LogP) is 1.45. The van der Waals surface area contributed by atoms with Crippen LogP contribution in [0, 0.1) is 5.92 Å². The van der Waals surface area contributed by atoms with Gasteiger partial charge in [-0.2, -0.15) is 8.42 Å². The first-order valence-electron chi connectivity index (χ1n) is 7.57. The van der Waals surface area contributed by atoms with Gasteiger partial charge in [-0.1, -0.05) is 12.1 Å². The van der Waals surface area contributed by atoms with Crippen molar-refractivity contribution in [3.63, 3.8) is 0 Å². The number of benzene rings is 1. The van der Waals surface area contributed by atoms with Crippen molar-refractivity contribution in [2.24, 2.45) is 5.92 Å². The van der Waals surface area contributed by atoms with E-state index in [4.69, 9.17) is 8.92 Å². The topological polar surface area (TPSA) is 72.9 Å². The van der Waals surface area contributed by atoms with Crippen LogP contribution in [0.15, 0.2) is 24.3 Å². The second kappa shape index (κ2) is 7.31. The smallest absolute Gasteiger partial charge is 0.264 e. The second-order valence-corrected chi connectivity index (χ2v) is 7.51. The predicted molar refractivity (Wildman–Crippen MR) is 86.8 cm³/mol. The molecular weight excluding hydrogens is 318 g/mol. The van der Waals surface area contributed by atoms with Crippen molar-refractivity contribution in [1.29, 1.82) is 0 Å². The van der Waals surface area contributed by atoms with Crippen molar-refractivity contribution in [2.75, 3.05) is 26.5 Å². The van der Waals surface area contributed by atoms with Gasteiger partial charge in [-0.15, -0.1) is 0 Å². The average molecular weight is 341 g/mol. The summed E-state index contributed by atoms with van der Waals surface area (Å²) in [6.45, 7) is 2.85. The van der Waals surface area contributed by atoms with Crippen LogP contribution in [0.1, 0.15) is 18.9 Å². The molecule has 1 aliphatic heterocycles. The fraction of sp³-hybridized carbons (Fsp3) is 0.562. The summed E-state index contributed by atoms with van der Waals surface area (Å²) in [6, 6.07) is 7.75. The van der Waals surface area contributed by atoms with E-state index in [1.165, 1.54) is 0 Å². The molecule has 0 unspecified atom stereocenters. The molecule has 0 saturated carbocycles. The fourth-order valence-corrected chi connectivity index (χ4v) is 3.45. The number of hydrogen-bond donors (Lipinski definition) is 0. The molecule has 0 N–H and O–H groups in total. The second-order valence-electron chi connectivity index (χ2n) is 5.91. The van der Waals surface area contributed by atoms with E-state index in [0.717, 1.165) is 24.0 Å². The van der Waals surface area contributed by atoms with Crippen LogP contribution in [0.3, 0.4) is 0 Å². The van der Waals surface area contributed by atoms with Gasteiger partial charge in [0, 0.05) is 25.4 Å². The van der Waals surface area contributed by atoms with Crippen LogP contribution in [0.4, 0.5) is 0 Å². The molecule has 2 rings (SSSR count). The third-order valence-corrected chi connectivity index (χ3v) is 4.72. The minimum absolute atomic E-state index is 0.0486. The molecule has 1 heterocycles. The van der Waals surface area contributed by atoms with Gasteiger partial charge in [0.15, 0.2) is 0 Å². The highest BCUT2D eigenvalue weighted by molar-refractivity contribution is 7.86. The maximum atomic E-state index is 12.1. The Bertz CT molecular complexity index is 641. The summed E-state index contributed by atoms with van der Waals surface area (Å²) in [5.41, 5.74) is 1.13. The van der Waals surface area contributed by atoms with Crippen molar-refractivity contribution in [1.82, 2.24) is 4.90 Å². The fourth-order valence-electron chi connectivity index (χ4n) is 2.74. The van der Waals surface area contributed by atoms with Crippen molar-refractivity contribution >= 4 is 16.0 Å². The van der Waals surface area contributed by atoms with E-state index in [9.17, 15) is 13.2 Å². The van der Waals surface area contributed by atoms with Crippen molar-refractivity contribution in [3.05, 3.63) is 29.8 Å². The number of nitrogens with zero attached hydrogens (tertiary/aromatic N) is 1. The van der Waals surface area contributed by atoms with Gasteiger partial charge >= 0.3 is 0 Å². The van der Waals surface area contributed by atoms with Crippen LogP contribution in [0.25, 0.3) is 0 Å². The average Bonchev–Trinajstić information content (AvgIpc) is 2.85. The summed E-state index contributed by atoms with van der Waals surface area (Å²) >= 11 is 0. The van der Waals surface area contributed by atoms with Crippen LogP contribution in [-0.2, 0) is 25.5 Å². The first-order chi connectivity index (χ1) is 10.8. The largest absolute Gasteiger partial charge is 0.497 e. The minimum atomic E-state index is -3.50. The van der Waals surface area contributed by atoms with Crippen LogP contribution in [0.5, 0.6) is 5.75 Å². The van der Waals surface area contributed by atoms with E-state index in [-0.39, 0.29) is 11.8 Å². The third-order valence-electron chi connectivity index (χ3n) is 4.06. The Morgan fingerprint density at radius 1 is 1.30 bits per heavy atom. The lowest BCUT2D eigenvalue weighted by Crippen LogP contribution is -2.30. The summed E-state index contributed by atoms with van der Waals surface area (Å²) in [5.74, 6) is 0.762. The lowest BCUT2D eigenvalue weighted by molar-refractivity contribution is -0.127. The van der Waals surface area contributed by atoms with Crippen molar-refractivity contribution in [3.8, 4) is 5.75 Å². The molecule has 2 atom stereocenters. The van der Waals surface area contributed by atoms with Gasteiger partial charge in [0.25, 0.3) is 10.1 Å². The molecule has 1 aliphatic rings. The lowest BCUT2D eigenvalue weighted by atomic mass is 10.0. The lowest BCUT2D eigenvalue weighted by Gasteiger charge is -2.19. The van der Waals surface area contributed by atoms with Gasteiger partial charge in [0.2, 0.25) is 5.91 Å². The molecule has 7 heteroatoms. The number of methoxy groups -OCH3 is 1. The number of carbonyl (C=O) groups is 1. The van der Waals surface area contributed by atoms with Gasteiger partial charge in [-0.25, -0.2) is 0 Å². The molecule has 0 bridgehead atoms. The molecule has 0 aromatic heterocycles. The van der Waals surface area contributed by atoms with E-state index in [0.29, 0.717) is 19.5 Å². The van der Waals surface area contributed by atoms with E-state index in [2.05, 4.69) is 0 Å². The van der Waals surface area contributed by atoms with Gasteiger partial charge in [-0.05, 0) is 31.0 Å². The first-order valence-corrected chi connectivity index (χ1v) is 9.39. The highest BCUT2D eigenvalue weighted by atomic mass is 32.2. The summed E-state index contributed by atoms with van der Waals surface area (Å²) < 4.78 is 32.5. The summed E-state index contributed by atoms with van der Waals surface area (Å²) in [4.78, 5) is 13.9. The Morgan fingerprint density at radius 3 is 2.52 bits per heavy atom. The van der Waals surface area contributed by atoms with Crippen molar-refractivity contribution < 1.29 is 22.1 Å². The number of ether oxygens (including phenoxy) is 1. The van der Waals surface area contributed by atoms with Gasteiger partial charge in [0.05, 0.1) is 19.5 Å². The molecule has 1 fully saturated rings. The number of likely N-dealkylation sites (tertiary alicyclic amines) is 1. The Hall–Kier alpha value is -1.60. The number of carbonyl (C=O) groups excluding carboxylic acids is 1. The molecule has 1 aromatic carbocycles. The maximum Gasteiger partial charge on any atom is 0.264 e. The van der Waals surface area contributed by atoms with E-state index in [1.54, 1.807) is 18.9 Å². The molecule has 6 nitrogen and oxygen atoms in total. The molecule has 0 spiro atoms. The molecule has 0 radical (unpaired) electrons. The zero-order valence-corrected chi connectivity index (χ0v) is 14.5. The van der Waals surface area contributed by atoms with Crippen molar-refractivity contribution in [2.45, 2.75) is 25.9 Å². The number of rotatable bonds is 7.